The fourth-order valence-electron chi connectivity index (χ4n) is 1.05. The van der Waals surface area contributed by atoms with Crippen molar-refractivity contribution in [2.75, 3.05) is 13.6 Å². The van der Waals surface area contributed by atoms with Crippen LogP contribution in [0.4, 0.5) is 0 Å². The van der Waals surface area contributed by atoms with Gasteiger partial charge in [0.2, 0.25) is 0 Å². The van der Waals surface area contributed by atoms with E-state index in [0.717, 1.165) is 25.0 Å². The highest BCUT2D eigenvalue weighted by atomic mass is 15.3. The van der Waals surface area contributed by atoms with E-state index in [9.17, 15) is 0 Å². The third kappa shape index (κ3) is 3.51. The molecule has 0 spiro atoms. The van der Waals surface area contributed by atoms with Crippen LogP contribution in [0, 0.1) is 11.3 Å². The molecule has 0 bridgehead atoms. The first-order valence-electron chi connectivity index (χ1n) is 4.30. The van der Waals surface area contributed by atoms with E-state index < -0.39 is 0 Å². The van der Waals surface area contributed by atoms with Crippen LogP contribution in [0.1, 0.15) is 26.7 Å². The number of nitriles is 1. The smallest absolute Gasteiger partial charge is 0.0946 e. The third-order valence-electron chi connectivity index (χ3n) is 1.82. The van der Waals surface area contributed by atoms with Gasteiger partial charge >= 0.3 is 0 Å². The van der Waals surface area contributed by atoms with Crippen molar-refractivity contribution in [2.24, 2.45) is 0 Å². The second-order valence-electron chi connectivity index (χ2n) is 2.50. The molecule has 12 heavy (non-hydrogen) atoms. The van der Waals surface area contributed by atoms with Crippen LogP contribution >= 0.6 is 0 Å². The number of allylic oxidation sites excluding steroid dienone is 1. The maximum Gasteiger partial charge on any atom is 0.0946 e. The van der Waals surface area contributed by atoms with Gasteiger partial charge in [0.15, 0.2) is 0 Å². The first kappa shape index (κ1) is 11.2. The average molecular weight is 167 g/mol. The first-order chi connectivity index (χ1) is 5.79. The molecular weight excluding hydrogens is 150 g/mol. The highest BCUT2D eigenvalue weighted by molar-refractivity contribution is 5.28. The average Bonchev–Trinajstić information content (AvgIpc) is 2.12. The minimum absolute atomic E-state index is 0.754. The minimum Gasteiger partial charge on any atom is -0.261 e. The predicted octanol–water partition coefficient (Wildman–Crippen LogP) is 1.35. The highest BCUT2D eigenvalue weighted by Crippen LogP contribution is 2.09. The summed E-state index contributed by atoms with van der Waals surface area (Å²) in [5.74, 6) is 0. The fourth-order valence-corrected chi connectivity index (χ4v) is 1.05. The Hall–Kier alpha value is -0.850. The molecule has 0 rings (SSSR count). The molecule has 0 aromatic rings. The fraction of sp³-hybridized carbons (Fsp3) is 0.667. The van der Waals surface area contributed by atoms with Crippen LogP contribution in [-0.4, -0.2) is 13.6 Å². The summed E-state index contributed by atoms with van der Waals surface area (Å²) in [5.41, 5.74) is 7.92. The summed E-state index contributed by atoms with van der Waals surface area (Å²) in [5, 5.41) is 8.77. The van der Waals surface area contributed by atoms with E-state index in [0.29, 0.717) is 0 Å². The lowest BCUT2D eigenvalue weighted by molar-refractivity contribution is 0.623. The molecule has 0 aromatic carbocycles. The van der Waals surface area contributed by atoms with Crippen molar-refractivity contribution < 1.29 is 0 Å². The number of nitrogens with one attached hydrogen (secondary N) is 2. The molecule has 0 fully saturated rings. The Balaban J connectivity index is 4.28. The van der Waals surface area contributed by atoms with Crippen LogP contribution < -0.4 is 10.9 Å². The molecule has 68 valence electrons. The SMILES string of the molecule is CC/C(C#N)=C(\CC)CNNC. The molecule has 3 heteroatoms. The van der Waals surface area contributed by atoms with Crippen LogP contribution in [0.25, 0.3) is 0 Å². The van der Waals surface area contributed by atoms with Gasteiger partial charge in [0.25, 0.3) is 0 Å². The van der Waals surface area contributed by atoms with E-state index in [1.807, 2.05) is 14.0 Å². The van der Waals surface area contributed by atoms with Gasteiger partial charge in [0.05, 0.1) is 6.07 Å². The van der Waals surface area contributed by atoms with Gasteiger partial charge < -0.3 is 0 Å². The Labute approximate surface area is 74.4 Å². The Kier molecular flexibility index (Phi) is 6.35. The number of hydrogen-bond acceptors (Lipinski definition) is 3. The lowest BCUT2D eigenvalue weighted by Gasteiger charge is -2.07. The van der Waals surface area contributed by atoms with Crippen LogP contribution in [-0.2, 0) is 0 Å². The zero-order valence-corrected chi connectivity index (χ0v) is 8.07. The first-order valence-corrected chi connectivity index (χ1v) is 4.30. The van der Waals surface area contributed by atoms with Crippen molar-refractivity contribution >= 4 is 0 Å². The summed E-state index contributed by atoms with van der Waals surface area (Å²) >= 11 is 0. The normalized spacial score (nSPS) is 12.2. The van der Waals surface area contributed by atoms with E-state index in [2.05, 4.69) is 23.8 Å². The summed E-state index contributed by atoms with van der Waals surface area (Å²) in [6, 6.07) is 2.22. The Morgan fingerprint density at radius 1 is 1.33 bits per heavy atom. The molecule has 0 aromatic heterocycles. The molecule has 0 saturated carbocycles. The largest absolute Gasteiger partial charge is 0.261 e. The van der Waals surface area contributed by atoms with Gasteiger partial charge in [-0.25, -0.2) is 0 Å². The molecular formula is C9H17N3. The Morgan fingerprint density at radius 3 is 2.33 bits per heavy atom. The van der Waals surface area contributed by atoms with Crippen molar-refractivity contribution in [1.29, 1.82) is 5.26 Å². The molecule has 0 atom stereocenters. The standard InChI is InChI=1S/C9H17N3/c1-4-8(6-10)9(5-2)7-12-11-3/h11-12H,4-5,7H2,1-3H3/b9-8-. The van der Waals surface area contributed by atoms with Crippen LogP contribution in [0.5, 0.6) is 0 Å². The van der Waals surface area contributed by atoms with Crippen LogP contribution in [0.15, 0.2) is 11.1 Å². The molecule has 0 heterocycles. The van der Waals surface area contributed by atoms with E-state index in [1.165, 1.54) is 5.57 Å². The summed E-state index contributed by atoms with van der Waals surface area (Å²) in [4.78, 5) is 0. The molecule has 0 unspecified atom stereocenters. The number of nitrogens with zero attached hydrogens (tertiary/aromatic N) is 1. The quantitative estimate of drug-likeness (QED) is 0.480. The molecule has 0 aliphatic carbocycles. The number of rotatable bonds is 5. The molecule has 2 N–H and O–H groups in total. The Morgan fingerprint density at radius 2 is 2.00 bits per heavy atom. The van der Waals surface area contributed by atoms with Gasteiger partial charge in [0.1, 0.15) is 0 Å². The zero-order valence-electron chi connectivity index (χ0n) is 8.07. The van der Waals surface area contributed by atoms with Gasteiger partial charge in [-0.15, -0.1) is 0 Å². The Bertz CT molecular complexity index is 188. The molecule has 0 radical (unpaired) electrons. The maximum atomic E-state index is 8.77. The number of hydrogen-bond donors (Lipinski definition) is 2. The molecule has 0 aliphatic heterocycles. The molecule has 3 nitrogen and oxygen atoms in total. The van der Waals surface area contributed by atoms with Gasteiger partial charge in [0, 0.05) is 12.1 Å². The van der Waals surface area contributed by atoms with Gasteiger partial charge in [-0.1, -0.05) is 13.8 Å². The zero-order chi connectivity index (χ0) is 9.40. The topological polar surface area (TPSA) is 47.9 Å². The predicted molar refractivity (Wildman–Crippen MR) is 50.3 cm³/mol. The monoisotopic (exact) mass is 167 g/mol. The highest BCUT2D eigenvalue weighted by Gasteiger charge is 2.01. The van der Waals surface area contributed by atoms with E-state index in [-0.39, 0.29) is 0 Å². The van der Waals surface area contributed by atoms with Crippen molar-refractivity contribution in [3.63, 3.8) is 0 Å². The number of hydrazine groups is 1. The van der Waals surface area contributed by atoms with E-state index in [4.69, 9.17) is 5.26 Å². The van der Waals surface area contributed by atoms with Gasteiger partial charge in [-0.2, -0.15) is 5.26 Å². The maximum absolute atomic E-state index is 8.77. The molecule has 0 aliphatic rings. The second-order valence-corrected chi connectivity index (χ2v) is 2.50. The summed E-state index contributed by atoms with van der Waals surface area (Å²) in [6.07, 6.45) is 1.76. The lowest BCUT2D eigenvalue weighted by Crippen LogP contribution is -2.29. The van der Waals surface area contributed by atoms with Crippen LogP contribution in [0.2, 0.25) is 0 Å². The molecule has 0 amide bonds. The van der Waals surface area contributed by atoms with E-state index >= 15 is 0 Å². The summed E-state index contributed by atoms with van der Waals surface area (Å²) in [7, 11) is 1.82. The van der Waals surface area contributed by atoms with Crippen LogP contribution in [0.3, 0.4) is 0 Å². The minimum atomic E-state index is 0.754. The van der Waals surface area contributed by atoms with Crippen molar-refractivity contribution in [3.8, 4) is 6.07 Å². The lowest BCUT2D eigenvalue weighted by atomic mass is 10.1. The van der Waals surface area contributed by atoms with Gasteiger partial charge in [-0.05, 0) is 25.5 Å². The van der Waals surface area contributed by atoms with Crippen molar-refractivity contribution in [2.45, 2.75) is 26.7 Å². The third-order valence-corrected chi connectivity index (χ3v) is 1.82. The molecule has 0 saturated heterocycles. The summed E-state index contributed by atoms with van der Waals surface area (Å²) in [6.45, 7) is 4.83. The van der Waals surface area contributed by atoms with E-state index in [1.54, 1.807) is 0 Å². The van der Waals surface area contributed by atoms with Gasteiger partial charge in [-0.3, -0.25) is 10.9 Å². The second kappa shape index (κ2) is 6.84. The van der Waals surface area contributed by atoms with Crippen molar-refractivity contribution in [1.82, 2.24) is 10.9 Å². The van der Waals surface area contributed by atoms with Crippen molar-refractivity contribution in [3.05, 3.63) is 11.1 Å². The summed E-state index contributed by atoms with van der Waals surface area (Å²) < 4.78 is 0.